The third-order valence-electron chi connectivity index (χ3n) is 2.77. The molecule has 1 aromatic rings. The first-order valence-electron chi connectivity index (χ1n) is 4.91. The van der Waals surface area contributed by atoms with Crippen molar-refractivity contribution in [3.8, 4) is 6.07 Å². The van der Waals surface area contributed by atoms with Crippen molar-refractivity contribution in [2.45, 2.75) is 12.0 Å². The number of methoxy groups -OCH3 is 1. The van der Waals surface area contributed by atoms with E-state index in [0.29, 0.717) is 29.6 Å². The van der Waals surface area contributed by atoms with Crippen LogP contribution in [0.4, 0.5) is 0 Å². The lowest BCUT2D eigenvalue weighted by Crippen LogP contribution is -2.30. The van der Waals surface area contributed by atoms with Crippen LogP contribution in [0.15, 0.2) is 12.1 Å². The van der Waals surface area contributed by atoms with Crippen LogP contribution in [-0.2, 0) is 15.1 Å². The summed E-state index contributed by atoms with van der Waals surface area (Å²) >= 11 is 5.87. The minimum absolute atomic E-state index is 0.303. The van der Waals surface area contributed by atoms with Gasteiger partial charge in [-0.15, -0.1) is 0 Å². The van der Waals surface area contributed by atoms with Gasteiger partial charge in [0, 0.05) is 20.1 Å². The molecule has 0 spiro atoms. The summed E-state index contributed by atoms with van der Waals surface area (Å²) in [5.74, 6) is 0. The maximum atomic E-state index is 8.88. The molecule has 0 radical (unpaired) electrons. The maximum Gasteiger partial charge on any atom is 0.135 e. The second kappa shape index (κ2) is 4.38. The van der Waals surface area contributed by atoms with E-state index >= 15 is 0 Å². The molecule has 0 amide bonds. The van der Waals surface area contributed by atoms with Gasteiger partial charge in [0.25, 0.3) is 0 Å². The molecule has 2 rings (SSSR count). The topological polar surface area (TPSA) is 55.1 Å². The van der Waals surface area contributed by atoms with Gasteiger partial charge in [-0.3, -0.25) is 0 Å². The van der Waals surface area contributed by atoms with Crippen molar-refractivity contribution in [1.29, 1.82) is 5.26 Å². The van der Waals surface area contributed by atoms with Crippen LogP contribution in [-0.4, -0.2) is 25.3 Å². The molecule has 1 fully saturated rings. The first-order chi connectivity index (χ1) is 7.70. The van der Waals surface area contributed by atoms with Crippen molar-refractivity contribution >= 4 is 11.6 Å². The second-order valence-electron chi connectivity index (χ2n) is 3.68. The predicted molar refractivity (Wildman–Crippen MR) is 58.1 cm³/mol. The van der Waals surface area contributed by atoms with Gasteiger partial charge in [0.15, 0.2) is 0 Å². The first kappa shape index (κ1) is 11.3. The van der Waals surface area contributed by atoms with Crippen molar-refractivity contribution in [1.82, 2.24) is 4.98 Å². The fourth-order valence-electron chi connectivity index (χ4n) is 1.81. The molecule has 1 aromatic heterocycles. The molecule has 0 aromatic carbocycles. The molecular weight excluding hydrogens is 228 g/mol. The summed E-state index contributed by atoms with van der Waals surface area (Å²) < 4.78 is 10.8. The minimum atomic E-state index is -0.559. The standard InChI is InChI=1S/C11H11ClN2O2/c1-15-11(2-3-16-7-11)9-4-8(6-13)5-10(12)14-9/h4-5H,2-3,7H2,1H3/t11-/m1/s1. The third kappa shape index (κ3) is 1.90. The number of rotatable bonds is 2. The van der Waals surface area contributed by atoms with Gasteiger partial charge in [-0.1, -0.05) is 11.6 Å². The number of nitriles is 1. The highest BCUT2D eigenvalue weighted by Crippen LogP contribution is 2.33. The third-order valence-corrected chi connectivity index (χ3v) is 2.96. The lowest BCUT2D eigenvalue weighted by Gasteiger charge is -2.25. The first-order valence-corrected chi connectivity index (χ1v) is 5.29. The van der Waals surface area contributed by atoms with Crippen LogP contribution >= 0.6 is 11.6 Å². The fourth-order valence-corrected chi connectivity index (χ4v) is 2.02. The molecule has 0 aliphatic carbocycles. The van der Waals surface area contributed by atoms with Gasteiger partial charge in [0.2, 0.25) is 0 Å². The number of aromatic nitrogens is 1. The van der Waals surface area contributed by atoms with Crippen LogP contribution in [0.3, 0.4) is 0 Å². The predicted octanol–water partition coefficient (Wildman–Crippen LogP) is 1.87. The van der Waals surface area contributed by atoms with Crippen molar-refractivity contribution in [3.63, 3.8) is 0 Å². The van der Waals surface area contributed by atoms with Crippen molar-refractivity contribution in [2.75, 3.05) is 20.3 Å². The van der Waals surface area contributed by atoms with Crippen LogP contribution in [0, 0.1) is 11.3 Å². The van der Waals surface area contributed by atoms with Crippen molar-refractivity contribution in [2.24, 2.45) is 0 Å². The molecule has 5 heteroatoms. The van der Waals surface area contributed by atoms with Gasteiger partial charge < -0.3 is 9.47 Å². The van der Waals surface area contributed by atoms with Gasteiger partial charge in [-0.05, 0) is 12.1 Å². The quantitative estimate of drug-likeness (QED) is 0.738. The number of pyridine rings is 1. The van der Waals surface area contributed by atoms with Gasteiger partial charge in [0.05, 0.1) is 23.9 Å². The Bertz CT molecular complexity index is 436. The smallest absolute Gasteiger partial charge is 0.135 e. The summed E-state index contributed by atoms with van der Waals surface area (Å²) in [6.07, 6.45) is 0.724. The molecule has 0 bridgehead atoms. The van der Waals surface area contributed by atoms with E-state index in [2.05, 4.69) is 11.1 Å². The van der Waals surface area contributed by atoms with Crippen LogP contribution in [0.5, 0.6) is 0 Å². The Morgan fingerprint density at radius 1 is 1.62 bits per heavy atom. The molecule has 0 unspecified atom stereocenters. The highest BCUT2D eigenvalue weighted by Gasteiger charge is 2.38. The monoisotopic (exact) mass is 238 g/mol. The average molecular weight is 239 g/mol. The lowest BCUT2D eigenvalue weighted by atomic mass is 9.97. The molecule has 84 valence electrons. The zero-order chi connectivity index (χ0) is 11.6. The summed E-state index contributed by atoms with van der Waals surface area (Å²) in [6, 6.07) is 5.28. The molecule has 1 aliphatic rings. The van der Waals surface area contributed by atoms with E-state index in [1.54, 1.807) is 13.2 Å². The van der Waals surface area contributed by atoms with Crippen LogP contribution in [0.1, 0.15) is 17.7 Å². The molecule has 0 N–H and O–H groups in total. The van der Waals surface area contributed by atoms with E-state index in [1.165, 1.54) is 6.07 Å². The molecule has 4 nitrogen and oxygen atoms in total. The summed E-state index contributed by atoms with van der Waals surface area (Å²) in [7, 11) is 1.61. The van der Waals surface area contributed by atoms with Crippen molar-refractivity contribution < 1.29 is 9.47 Å². The molecule has 2 heterocycles. The molecule has 1 saturated heterocycles. The average Bonchev–Trinajstić information content (AvgIpc) is 2.78. The summed E-state index contributed by atoms with van der Waals surface area (Å²) in [4.78, 5) is 4.22. The van der Waals surface area contributed by atoms with E-state index in [4.69, 9.17) is 26.3 Å². The summed E-state index contributed by atoms with van der Waals surface area (Å²) in [5, 5.41) is 9.18. The summed E-state index contributed by atoms with van der Waals surface area (Å²) in [6.45, 7) is 1.08. The Morgan fingerprint density at radius 3 is 3.00 bits per heavy atom. The van der Waals surface area contributed by atoms with Crippen LogP contribution < -0.4 is 0 Å². The van der Waals surface area contributed by atoms with Gasteiger partial charge >= 0.3 is 0 Å². The van der Waals surface area contributed by atoms with Crippen LogP contribution in [0.2, 0.25) is 5.15 Å². The fraction of sp³-hybridized carbons (Fsp3) is 0.455. The van der Waals surface area contributed by atoms with E-state index in [1.807, 2.05) is 0 Å². The maximum absolute atomic E-state index is 8.88. The Hall–Kier alpha value is -1.15. The Morgan fingerprint density at radius 2 is 2.44 bits per heavy atom. The van der Waals surface area contributed by atoms with E-state index in [9.17, 15) is 0 Å². The number of hydrogen-bond acceptors (Lipinski definition) is 4. The highest BCUT2D eigenvalue weighted by atomic mass is 35.5. The van der Waals surface area contributed by atoms with Gasteiger partial charge in [-0.2, -0.15) is 5.26 Å². The molecule has 1 atom stereocenters. The highest BCUT2D eigenvalue weighted by molar-refractivity contribution is 6.29. The Labute approximate surface area is 98.8 Å². The molecule has 1 aliphatic heterocycles. The van der Waals surface area contributed by atoms with Gasteiger partial charge in [0.1, 0.15) is 10.8 Å². The van der Waals surface area contributed by atoms with Crippen LogP contribution in [0.25, 0.3) is 0 Å². The van der Waals surface area contributed by atoms with E-state index in [-0.39, 0.29) is 0 Å². The molecule has 16 heavy (non-hydrogen) atoms. The largest absolute Gasteiger partial charge is 0.378 e. The molecule has 0 saturated carbocycles. The number of nitrogens with zero attached hydrogens (tertiary/aromatic N) is 2. The zero-order valence-corrected chi connectivity index (χ0v) is 9.62. The number of halogens is 1. The van der Waals surface area contributed by atoms with Gasteiger partial charge in [-0.25, -0.2) is 4.98 Å². The summed E-state index contributed by atoms with van der Waals surface area (Å²) in [5.41, 5.74) is 0.589. The minimum Gasteiger partial charge on any atom is -0.378 e. The Kier molecular flexibility index (Phi) is 3.10. The lowest BCUT2D eigenvalue weighted by molar-refractivity contribution is -0.0246. The zero-order valence-electron chi connectivity index (χ0n) is 8.86. The second-order valence-corrected chi connectivity index (χ2v) is 4.06. The SMILES string of the molecule is CO[C@]1(c2cc(C#N)cc(Cl)n2)CCOC1. The molecular formula is C11H11ClN2O2. The normalized spacial score (nSPS) is 24.3. The van der Waals surface area contributed by atoms with E-state index in [0.717, 1.165) is 6.42 Å². The van der Waals surface area contributed by atoms with Crippen molar-refractivity contribution in [3.05, 3.63) is 28.5 Å². The Balaban J connectivity index is 2.46. The number of ether oxygens (including phenoxy) is 2. The van der Waals surface area contributed by atoms with E-state index < -0.39 is 5.60 Å². The number of hydrogen-bond donors (Lipinski definition) is 0.